The van der Waals surface area contributed by atoms with Crippen LogP contribution >= 0.6 is 23.2 Å². The first-order valence-corrected chi connectivity index (χ1v) is 10.1. The van der Waals surface area contributed by atoms with Gasteiger partial charge in [0.1, 0.15) is 0 Å². The molecule has 162 valence electrons. The van der Waals surface area contributed by atoms with E-state index in [1.165, 1.54) is 12.1 Å². The summed E-state index contributed by atoms with van der Waals surface area (Å²) in [6, 6.07) is 11.5. The first-order chi connectivity index (χ1) is 14.7. The number of anilines is 1. The maximum atomic E-state index is 12.4. The van der Waals surface area contributed by atoms with Crippen molar-refractivity contribution in [3.8, 4) is 0 Å². The van der Waals surface area contributed by atoms with E-state index in [-0.39, 0.29) is 18.0 Å². The number of nitrogens with one attached hydrogen (secondary N) is 2. The molecule has 0 unspecified atom stereocenters. The highest BCUT2D eigenvalue weighted by Gasteiger charge is 2.36. The van der Waals surface area contributed by atoms with Crippen LogP contribution in [0.25, 0.3) is 0 Å². The Hall–Kier alpha value is -3.10. The summed E-state index contributed by atoms with van der Waals surface area (Å²) in [6.45, 7) is 1.22. The SMILES string of the molecule is Cc1ccccc1C(=O)NN1C[C@@H](C(=O)OCC(=O)Nc2ccc(Cl)c(Cl)c2)CC1=O. The standard InChI is InChI=1S/C21H19Cl2N3O5/c1-12-4-2-3-5-15(12)20(29)25-26-10-13(8-19(26)28)21(30)31-11-18(27)24-14-6-7-16(22)17(23)9-14/h2-7,9,13H,8,10-11H2,1H3,(H,24,27)(H,25,29)/t13-/m0/s1. The van der Waals surface area contributed by atoms with Crippen LogP contribution < -0.4 is 10.7 Å². The van der Waals surface area contributed by atoms with Crippen LogP contribution in [-0.2, 0) is 19.1 Å². The van der Waals surface area contributed by atoms with Crippen LogP contribution in [0.3, 0.4) is 0 Å². The van der Waals surface area contributed by atoms with Crippen LogP contribution in [0.4, 0.5) is 5.69 Å². The van der Waals surface area contributed by atoms with Gasteiger partial charge in [0.15, 0.2) is 6.61 Å². The molecule has 2 aromatic rings. The summed E-state index contributed by atoms with van der Waals surface area (Å²) < 4.78 is 5.02. The smallest absolute Gasteiger partial charge is 0.311 e. The number of nitrogens with zero attached hydrogens (tertiary/aromatic N) is 1. The van der Waals surface area contributed by atoms with Crippen LogP contribution in [0.2, 0.25) is 10.0 Å². The lowest BCUT2D eigenvalue weighted by Gasteiger charge is -2.18. The third-order valence-electron chi connectivity index (χ3n) is 4.63. The third-order valence-corrected chi connectivity index (χ3v) is 5.37. The van der Waals surface area contributed by atoms with Crippen molar-refractivity contribution in [1.29, 1.82) is 0 Å². The number of halogens is 2. The summed E-state index contributed by atoms with van der Waals surface area (Å²) in [5.41, 5.74) is 4.10. The number of hydrazine groups is 1. The zero-order chi connectivity index (χ0) is 22.5. The van der Waals surface area contributed by atoms with Crippen LogP contribution in [0.1, 0.15) is 22.3 Å². The molecular formula is C21H19Cl2N3O5. The van der Waals surface area contributed by atoms with Crippen molar-refractivity contribution in [2.24, 2.45) is 5.92 Å². The summed E-state index contributed by atoms with van der Waals surface area (Å²) in [7, 11) is 0. The van der Waals surface area contributed by atoms with E-state index in [1.54, 1.807) is 37.3 Å². The Morgan fingerprint density at radius 2 is 1.87 bits per heavy atom. The van der Waals surface area contributed by atoms with Crippen molar-refractivity contribution >= 4 is 52.6 Å². The predicted molar refractivity (Wildman–Crippen MR) is 115 cm³/mol. The van der Waals surface area contributed by atoms with Gasteiger partial charge in [0, 0.05) is 17.7 Å². The van der Waals surface area contributed by atoms with Gasteiger partial charge >= 0.3 is 5.97 Å². The van der Waals surface area contributed by atoms with E-state index in [9.17, 15) is 19.2 Å². The number of carbonyl (C=O) groups is 4. The van der Waals surface area contributed by atoms with E-state index in [1.807, 2.05) is 0 Å². The molecule has 0 saturated carbocycles. The van der Waals surface area contributed by atoms with E-state index in [0.29, 0.717) is 16.3 Å². The van der Waals surface area contributed by atoms with Gasteiger partial charge in [-0.3, -0.25) is 29.6 Å². The van der Waals surface area contributed by atoms with Crippen molar-refractivity contribution in [2.45, 2.75) is 13.3 Å². The largest absolute Gasteiger partial charge is 0.455 e. The van der Waals surface area contributed by atoms with E-state index in [2.05, 4.69) is 10.7 Å². The second-order valence-corrected chi connectivity index (χ2v) is 7.76. The molecule has 1 fully saturated rings. The molecule has 3 rings (SSSR count). The normalized spacial score (nSPS) is 15.5. The minimum absolute atomic E-state index is 0.0380. The first kappa shape index (κ1) is 22.6. The van der Waals surface area contributed by atoms with Crippen LogP contribution in [0.15, 0.2) is 42.5 Å². The molecule has 0 aromatic heterocycles. The fourth-order valence-corrected chi connectivity index (χ4v) is 3.31. The van der Waals surface area contributed by atoms with Crippen LogP contribution in [-0.4, -0.2) is 41.9 Å². The fourth-order valence-electron chi connectivity index (χ4n) is 3.01. The highest BCUT2D eigenvalue weighted by Crippen LogP contribution is 2.25. The van der Waals surface area contributed by atoms with Gasteiger partial charge in [0.25, 0.3) is 11.8 Å². The number of ether oxygens (including phenoxy) is 1. The molecule has 10 heteroatoms. The Bertz CT molecular complexity index is 1040. The predicted octanol–water partition coefficient (Wildman–Crippen LogP) is 2.98. The highest BCUT2D eigenvalue weighted by atomic mass is 35.5. The lowest BCUT2D eigenvalue weighted by Crippen LogP contribution is -2.43. The summed E-state index contributed by atoms with van der Waals surface area (Å²) in [5, 5.41) is 4.24. The third kappa shape index (κ3) is 5.74. The van der Waals surface area contributed by atoms with Gasteiger partial charge in [-0.25, -0.2) is 0 Å². The molecule has 3 amide bonds. The maximum Gasteiger partial charge on any atom is 0.311 e. The molecule has 31 heavy (non-hydrogen) atoms. The number of aryl methyl sites for hydroxylation is 1. The summed E-state index contributed by atoms with van der Waals surface area (Å²) in [4.78, 5) is 48.8. The molecule has 2 aromatic carbocycles. The molecule has 1 atom stereocenters. The molecule has 2 N–H and O–H groups in total. The topological polar surface area (TPSA) is 105 Å². The minimum Gasteiger partial charge on any atom is -0.455 e. The monoisotopic (exact) mass is 463 g/mol. The number of esters is 1. The lowest BCUT2D eigenvalue weighted by atomic mass is 10.1. The zero-order valence-corrected chi connectivity index (χ0v) is 18.0. The van der Waals surface area contributed by atoms with Gasteiger partial charge in [-0.15, -0.1) is 0 Å². The second kappa shape index (κ2) is 9.80. The van der Waals surface area contributed by atoms with Crippen molar-refractivity contribution in [1.82, 2.24) is 10.4 Å². The number of benzene rings is 2. The van der Waals surface area contributed by atoms with Gasteiger partial charge in [0.2, 0.25) is 5.91 Å². The Labute approximate surface area is 188 Å². The molecule has 1 saturated heterocycles. The summed E-state index contributed by atoms with van der Waals surface area (Å²) in [6.07, 6.45) is -0.124. The minimum atomic E-state index is -0.789. The molecule has 1 aliphatic rings. The van der Waals surface area contributed by atoms with Crippen molar-refractivity contribution in [2.75, 3.05) is 18.5 Å². The quantitative estimate of drug-likeness (QED) is 0.640. The number of carbonyl (C=O) groups excluding carboxylic acids is 4. The summed E-state index contributed by atoms with van der Waals surface area (Å²) in [5.74, 6) is -2.92. The molecule has 0 aliphatic carbocycles. The van der Waals surface area contributed by atoms with Gasteiger partial charge in [-0.1, -0.05) is 41.4 Å². The number of rotatable bonds is 6. The van der Waals surface area contributed by atoms with Crippen LogP contribution in [0, 0.1) is 12.8 Å². The van der Waals surface area contributed by atoms with E-state index in [0.717, 1.165) is 10.6 Å². The van der Waals surface area contributed by atoms with Gasteiger partial charge in [-0.05, 0) is 36.8 Å². The number of amides is 3. The molecule has 8 nitrogen and oxygen atoms in total. The molecule has 1 aliphatic heterocycles. The molecule has 0 bridgehead atoms. The molecule has 1 heterocycles. The molecular weight excluding hydrogens is 445 g/mol. The Kier molecular flexibility index (Phi) is 7.14. The average Bonchev–Trinajstić information content (AvgIpc) is 3.09. The zero-order valence-electron chi connectivity index (χ0n) is 16.5. The molecule has 0 spiro atoms. The van der Waals surface area contributed by atoms with Crippen LogP contribution in [0.5, 0.6) is 0 Å². The van der Waals surface area contributed by atoms with Gasteiger partial charge in [0.05, 0.1) is 22.5 Å². The van der Waals surface area contributed by atoms with Gasteiger partial charge in [-0.2, -0.15) is 0 Å². The average molecular weight is 464 g/mol. The second-order valence-electron chi connectivity index (χ2n) is 6.95. The van der Waals surface area contributed by atoms with E-state index >= 15 is 0 Å². The Morgan fingerprint density at radius 3 is 2.58 bits per heavy atom. The Morgan fingerprint density at radius 1 is 1.13 bits per heavy atom. The Balaban J connectivity index is 1.49. The van der Waals surface area contributed by atoms with Crippen molar-refractivity contribution in [3.05, 3.63) is 63.6 Å². The van der Waals surface area contributed by atoms with E-state index in [4.69, 9.17) is 27.9 Å². The maximum absolute atomic E-state index is 12.4. The van der Waals surface area contributed by atoms with Crippen molar-refractivity contribution < 1.29 is 23.9 Å². The first-order valence-electron chi connectivity index (χ1n) is 9.33. The van der Waals surface area contributed by atoms with Crippen molar-refractivity contribution in [3.63, 3.8) is 0 Å². The summed E-state index contributed by atoms with van der Waals surface area (Å²) >= 11 is 11.7. The number of hydrogen-bond acceptors (Lipinski definition) is 5. The van der Waals surface area contributed by atoms with Gasteiger partial charge < -0.3 is 10.1 Å². The lowest BCUT2D eigenvalue weighted by molar-refractivity contribution is -0.151. The van der Waals surface area contributed by atoms with E-state index < -0.39 is 36.2 Å². The fraction of sp³-hybridized carbons (Fsp3) is 0.238. The molecule has 0 radical (unpaired) electrons. The highest BCUT2D eigenvalue weighted by molar-refractivity contribution is 6.42. The number of hydrogen-bond donors (Lipinski definition) is 2.